The minimum absolute atomic E-state index is 0.0575. The van der Waals surface area contributed by atoms with E-state index in [-0.39, 0.29) is 42.0 Å². The van der Waals surface area contributed by atoms with Crippen molar-refractivity contribution < 1.29 is 18.8 Å². The Morgan fingerprint density at radius 2 is 1.67 bits per heavy atom. The maximum atomic E-state index is 13.9. The van der Waals surface area contributed by atoms with Crippen LogP contribution in [0.15, 0.2) is 54.6 Å². The molecule has 1 unspecified atom stereocenters. The Bertz CT molecular complexity index is 1150. The molecule has 0 saturated carbocycles. The zero-order valence-corrected chi connectivity index (χ0v) is 23.6. The molecule has 2 aromatic carbocycles. The van der Waals surface area contributed by atoms with Gasteiger partial charge in [0.15, 0.2) is 0 Å². The molecule has 210 valence electrons. The lowest BCUT2D eigenvalue weighted by atomic mass is 9.83. The summed E-state index contributed by atoms with van der Waals surface area (Å²) in [6, 6.07) is 15.8. The number of amides is 3. The zero-order chi connectivity index (χ0) is 28.2. The van der Waals surface area contributed by atoms with Gasteiger partial charge in [-0.3, -0.25) is 14.4 Å². The van der Waals surface area contributed by atoms with Crippen molar-refractivity contribution >= 4 is 23.4 Å². The van der Waals surface area contributed by atoms with Gasteiger partial charge in [0.2, 0.25) is 11.8 Å². The van der Waals surface area contributed by atoms with Gasteiger partial charge in [-0.2, -0.15) is 0 Å². The summed E-state index contributed by atoms with van der Waals surface area (Å²) >= 11 is 0. The van der Waals surface area contributed by atoms with Gasteiger partial charge in [0.25, 0.3) is 5.91 Å². The lowest BCUT2D eigenvalue weighted by molar-refractivity contribution is -0.140. The second-order valence-corrected chi connectivity index (χ2v) is 12.3. The molecule has 1 N–H and O–H groups in total. The standard InChI is InChI=1S/C31H41FN4O3/c1-23(19-30(2,3)4)18-28(38)34-16-14-31(15-17-34)29(39)35(22-36(31)26-8-6-5-7-9-26)21-27(37)33-20-24-10-12-25(32)13-11-24/h5-13,23H,14-22H2,1-4H3,(H,33,37). The fourth-order valence-electron chi connectivity index (χ4n) is 6.03. The van der Waals surface area contributed by atoms with Gasteiger partial charge >= 0.3 is 0 Å². The highest BCUT2D eigenvalue weighted by atomic mass is 19.1. The minimum atomic E-state index is -0.785. The van der Waals surface area contributed by atoms with Crippen LogP contribution >= 0.6 is 0 Å². The number of anilines is 1. The molecule has 2 heterocycles. The highest BCUT2D eigenvalue weighted by Gasteiger charge is 2.54. The van der Waals surface area contributed by atoms with Crippen molar-refractivity contribution in [2.45, 2.75) is 65.5 Å². The van der Waals surface area contributed by atoms with Crippen LogP contribution in [0.3, 0.4) is 0 Å². The lowest BCUT2D eigenvalue weighted by Crippen LogP contribution is -2.57. The normalized spacial score (nSPS) is 18.0. The molecule has 0 bridgehead atoms. The highest BCUT2D eigenvalue weighted by molar-refractivity contribution is 5.96. The molecule has 0 aliphatic carbocycles. The Kier molecular flexibility index (Phi) is 8.62. The number of rotatable bonds is 8. The first-order chi connectivity index (χ1) is 18.5. The number of para-hydroxylation sites is 1. The van der Waals surface area contributed by atoms with Crippen molar-refractivity contribution in [3.8, 4) is 0 Å². The van der Waals surface area contributed by atoms with Crippen LogP contribution in [0.25, 0.3) is 0 Å². The molecule has 4 rings (SSSR count). The minimum Gasteiger partial charge on any atom is -0.350 e. The molecule has 1 spiro atoms. The SMILES string of the molecule is CC(CC(=O)N1CCC2(CC1)C(=O)N(CC(=O)NCc1ccc(F)cc1)CN2c1ccccc1)CC(C)(C)C. The van der Waals surface area contributed by atoms with E-state index in [2.05, 4.69) is 37.9 Å². The number of piperidine rings is 1. The molecule has 2 aliphatic heterocycles. The average molecular weight is 537 g/mol. The number of carbonyl (C=O) groups is 3. The first-order valence-corrected chi connectivity index (χ1v) is 13.9. The summed E-state index contributed by atoms with van der Waals surface area (Å²) in [5.74, 6) is -0.220. The molecular weight excluding hydrogens is 495 g/mol. The molecule has 1 atom stereocenters. The monoisotopic (exact) mass is 536 g/mol. The van der Waals surface area contributed by atoms with Gasteiger partial charge in [-0.25, -0.2) is 4.39 Å². The summed E-state index contributed by atoms with van der Waals surface area (Å²) in [5.41, 5.74) is 1.10. The van der Waals surface area contributed by atoms with Crippen LogP contribution in [0.4, 0.5) is 10.1 Å². The van der Waals surface area contributed by atoms with Gasteiger partial charge in [0.1, 0.15) is 17.9 Å². The van der Waals surface area contributed by atoms with Crippen molar-refractivity contribution in [2.24, 2.45) is 11.3 Å². The van der Waals surface area contributed by atoms with Crippen molar-refractivity contribution in [3.05, 3.63) is 66.0 Å². The van der Waals surface area contributed by atoms with Crippen molar-refractivity contribution in [1.29, 1.82) is 0 Å². The molecule has 0 radical (unpaired) electrons. The smallest absolute Gasteiger partial charge is 0.250 e. The molecule has 0 aromatic heterocycles. The number of hydrogen-bond donors (Lipinski definition) is 1. The van der Waals surface area contributed by atoms with Crippen molar-refractivity contribution in [1.82, 2.24) is 15.1 Å². The van der Waals surface area contributed by atoms with Crippen molar-refractivity contribution in [3.63, 3.8) is 0 Å². The van der Waals surface area contributed by atoms with Gasteiger partial charge in [-0.15, -0.1) is 0 Å². The maximum Gasteiger partial charge on any atom is 0.250 e. The molecule has 2 aliphatic rings. The van der Waals surface area contributed by atoms with Gasteiger partial charge in [-0.05, 0) is 60.4 Å². The summed E-state index contributed by atoms with van der Waals surface area (Å²) in [6.45, 7) is 10.2. The molecule has 2 aromatic rings. The summed E-state index contributed by atoms with van der Waals surface area (Å²) in [4.78, 5) is 45.4. The Morgan fingerprint density at radius 3 is 2.28 bits per heavy atom. The lowest BCUT2D eigenvalue weighted by Gasteiger charge is -2.43. The molecule has 3 amide bonds. The summed E-state index contributed by atoms with van der Waals surface area (Å²) in [5, 5.41) is 2.84. The van der Waals surface area contributed by atoms with E-state index in [9.17, 15) is 18.8 Å². The van der Waals surface area contributed by atoms with Gasteiger partial charge in [-0.1, -0.05) is 58.0 Å². The number of halogens is 1. The third-order valence-corrected chi connectivity index (χ3v) is 7.75. The Labute approximate surface area is 231 Å². The van der Waals surface area contributed by atoms with E-state index in [4.69, 9.17) is 0 Å². The number of likely N-dealkylation sites (tertiary alicyclic amines) is 1. The first-order valence-electron chi connectivity index (χ1n) is 13.9. The second kappa shape index (κ2) is 11.8. The van der Waals surface area contributed by atoms with Gasteiger partial charge in [0, 0.05) is 31.7 Å². The number of nitrogens with one attached hydrogen (secondary N) is 1. The zero-order valence-electron chi connectivity index (χ0n) is 23.6. The Hall–Kier alpha value is -3.42. The van der Waals surface area contributed by atoms with E-state index in [1.807, 2.05) is 35.2 Å². The van der Waals surface area contributed by atoms with Crippen LogP contribution < -0.4 is 10.2 Å². The third kappa shape index (κ3) is 6.97. The summed E-state index contributed by atoms with van der Waals surface area (Å²) < 4.78 is 13.2. The van der Waals surface area contributed by atoms with Crippen LogP contribution in [-0.2, 0) is 20.9 Å². The Balaban J connectivity index is 1.42. The predicted octanol–water partition coefficient (Wildman–Crippen LogP) is 4.57. The molecule has 2 saturated heterocycles. The predicted molar refractivity (Wildman–Crippen MR) is 150 cm³/mol. The number of nitrogens with zero attached hydrogens (tertiary/aromatic N) is 3. The highest BCUT2D eigenvalue weighted by Crippen LogP contribution is 2.39. The molecule has 2 fully saturated rings. The van der Waals surface area contributed by atoms with E-state index in [1.165, 1.54) is 12.1 Å². The van der Waals surface area contributed by atoms with Crippen LogP contribution in [-0.4, -0.2) is 59.4 Å². The number of carbonyl (C=O) groups excluding carboxylic acids is 3. The van der Waals surface area contributed by atoms with E-state index < -0.39 is 5.54 Å². The first kappa shape index (κ1) is 28.6. The Morgan fingerprint density at radius 1 is 1.03 bits per heavy atom. The topological polar surface area (TPSA) is 73.0 Å². The fraction of sp³-hybridized carbons (Fsp3) is 0.516. The van der Waals surface area contributed by atoms with E-state index >= 15 is 0 Å². The average Bonchev–Trinajstić information content (AvgIpc) is 3.14. The number of benzene rings is 2. The fourth-order valence-corrected chi connectivity index (χ4v) is 6.03. The largest absolute Gasteiger partial charge is 0.350 e. The van der Waals surface area contributed by atoms with Gasteiger partial charge < -0.3 is 20.0 Å². The molecule has 7 nitrogen and oxygen atoms in total. The van der Waals surface area contributed by atoms with Crippen molar-refractivity contribution in [2.75, 3.05) is 31.2 Å². The van der Waals surface area contributed by atoms with Crippen LogP contribution in [0.1, 0.15) is 58.9 Å². The quantitative estimate of drug-likeness (QED) is 0.537. The summed E-state index contributed by atoms with van der Waals surface area (Å²) in [6.07, 6.45) is 2.54. The van der Waals surface area contributed by atoms with Crippen LogP contribution in [0, 0.1) is 17.2 Å². The number of hydrogen-bond acceptors (Lipinski definition) is 4. The van der Waals surface area contributed by atoms with E-state index in [0.717, 1.165) is 17.7 Å². The third-order valence-electron chi connectivity index (χ3n) is 7.75. The molecular formula is C31H41FN4O3. The van der Waals surface area contributed by atoms with Crippen LogP contribution in [0.5, 0.6) is 0 Å². The molecule has 39 heavy (non-hydrogen) atoms. The summed E-state index contributed by atoms with van der Waals surface area (Å²) in [7, 11) is 0. The van der Waals surface area contributed by atoms with E-state index in [1.54, 1.807) is 17.0 Å². The maximum absolute atomic E-state index is 13.9. The molecule has 8 heteroatoms. The van der Waals surface area contributed by atoms with E-state index in [0.29, 0.717) is 44.9 Å². The second-order valence-electron chi connectivity index (χ2n) is 12.3. The van der Waals surface area contributed by atoms with Gasteiger partial charge in [0.05, 0.1) is 6.67 Å². The van der Waals surface area contributed by atoms with Crippen LogP contribution in [0.2, 0.25) is 0 Å².